The lowest BCUT2D eigenvalue weighted by molar-refractivity contribution is 1.18. The average molecular weight is 882 g/mol. The van der Waals surface area contributed by atoms with Crippen LogP contribution in [0.1, 0.15) is 0 Å². The molecular formula is C66H47N3. The molecule has 0 radical (unpaired) electrons. The zero-order valence-electron chi connectivity index (χ0n) is 38.0. The van der Waals surface area contributed by atoms with E-state index in [0.717, 1.165) is 62.1 Å². The van der Waals surface area contributed by atoms with Gasteiger partial charge in [-0.05, 0) is 136 Å². The highest BCUT2D eigenvalue weighted by atomic mass is 15.2. The zero-order chi connectivity index (χ0) is 45.9. The Morgan fingerprint density at radius 2 is 0.580 bits per heavy atom. The Labute approximate surface area is 403 Å². The number of benzene rings is 11. The third kappa shape index (κ3) is 8.13. The summed E-state index contributed by atoms with van der Waals surface area (Å²) in [5.74, 6) is 0. The van der Waals surface area contributed by atoms with Crippen LogP contribution in [0.4, 0.5) is 34.1 Å². The number of rotatable bonds is 11. The lowest BCUT2D eigenvalue weighted by Gasteiger charge is -2.30. The minimum absolute atomic E-state index is 1.04. The Balaban J connectivity index is 1.05. The smallest absolute Gasteiger partial charge is 0.0547 e. The van der Waals surface area contributed by atoms with E-state index < -0.39 is 0 Å². The average Bonchev–Trinajstić information content (AvgIpc) is 3.76. The van der Waals surface area contributed by atoms with Crippen molar-refractivity contribution in [3.8, 4) is 50.2 Å². The number of hydrogen-bond donors (Lipinski definition) is 0. The minimum Gasteiger partial charge on any atom is -0.310 e. The summed E-state index contributed by atoms with van der Waals surface area (Å²) in [6, 6.07) is 103. The summed E-state index contributed by atoms with van der Waals surface area (Å²) in [4.78, 5) is 4.79. The molecule has 0 N–H and O–H groups in total. The number of anilines is 6. The standard InChI is InChI=1S/C66H47N3/c1-6-19-48(20-7-1)51-33-38-58(39-34-51)67(56-26-12-4-13-27-56)61-44-55(50-23-10-3-11-24-50)45-62(47-61)68(59-40-35-52(36-41-59)49-21-8-2-9-22-49)60-30-18-25-53(43-60)54-37-42-64-63-31-16-17-32-65(63)69(66(64)46-54)57-28-14-5-15-29-57/h1-47H. The fraction of sp³-hybridized carbons (Fsp3) is 0. The Hall–Kier alpha value is -9.18. The van der Waals surface area contributed by atoms with Crippen LogP contribution in [-0.2, 0) is 0 Å². The molecule has 3 nitrogen and oxygen atoms in total. The molecule has 69 heavy (non-hydrogen) atoms. The van der Waals surface area contributed by atoms with Gasteiger partial charge < -0.3 is 14.4 Å². The Morgan fingerprint density at radius 3 is 1.16 bits per heavy atom. The molecule has 1 heterocycles. The van der Waals surface area contributed by atoms with Gasteiger partial charge in [-0.2, -0.15) is 0 Å². The van der Waals surface area contributed by atoms with Gasteiger partial charge >= 0.3 is 0 Å². The highest BCUT2D eigenvalue weighted by Gasteiger charge is 2.21. The van der Waals surface area contributed by atoms with Gasteiger partial charge in [0.05, 0.1) is 11.0 Å². The number of para-hydroxylation sites is 3. The van der Waals surface area contributed by atoms with Crippen molar-refractivity contribution in [2.45, 2.75) is 0 Å². The van der Waals surface area contributed by atoms with E-state index >= 15 is 0 Å². The summed E-state index contributed by atoms with van der Waals surface area (Å²) in [6.45, 7) is 0. The predicted molar refractivity (Wildman–Crippen MR) is 292 cm³/mol. The van der Waals surface area contributed by atoms with Crippen molar-refractivity contribution < 1.29 is 0 Å². The van der Waals surface area contributed by atoms with E-state index in [2.05, 4.69) is 299 Å². The zero-order valence-corrected chi connectivity index (χ0v) is 38.0. The minimum atomic E-state index is 1.04. The molecule has 0 fully saturated rings. The van der Waals surface area contributed by atoms with Crippen LogP contribution in [0.25, 0.3) is 72.0 Å². The molecular weight excluding hydrogens is 835 g/mol. The molecule has 3 heteroatoms. The van der Waals surface area contributed by atoms with Gasteiger partial charge in [0.2, 0.25) is 0 Å². The van der Waals surface area contributed by atoms with Gasteiger partial charge in [0.25, 0.3) is 0 Å². The van der Waals surface area contributed by atoms with Crippen molar-refractivity contribution in [1.29, 1.82) is 0 Å². The predicted octanol–water partition coefficient (Wildman–Crippen LogP) is 18.4. The highest BCUT2D eigenvalue weighted by molar-refractivity contribution is 6.10. The SMILES string of the molecule is c1ccc(-c2ccc(N(c3ccccc3)c3cc(-c4ccccc4)cc(N(c4ccc(-c5ccccc5)cc4)c4cccc(-c5ccc6c7ccccc7n(-c7ccccc7)c6c5)c4)c3)cc2)cc1. The fourth-order valence-corrected chi connectivity index (χ4v) is 9.82. The van der Waals surface area contributed by atoms with Crippen LogP contribution in [-0.4, -0.2) is 4.57 Å². The lowest BCUT2D eigenvalue weighted by atomic mass is 10.00. The van der Waals surface area contributed by atoms with Crippen LogP contribution in [0.15, 0.2) is 285 Å². The number of fused-ring (bicyclic) bond motifs is 3. The molecule has 12 rings (SSSR count). The second-order valence-corrected chi connectivity index (χ2v) is 17.4. The van der Waals surface area contributed by atoms with Gasteiger partial charge in [-0.15, -0.1) is 0 Å². The van der Waals surface area contributed by atoms with Gasteiger partial charge in [-0.25, -0.2) is 0 Å². The first-order chi connectivity index (χ1) is 34.2. The first-order valence-electron chi connectivity index (χ1n) is 23.6. The van der Waals surface area contributed by atoms with Crippen molar-refractivity contribution in [1.82, 2.24) is 4.57 Å². The van der Waals surface area contributed by atoms with Crippen LogP contribution in [0.3, 0.4) is 0 Å². The molecule has 0 spiro atoms. The van der Waals surface area contributed by atoms with E-state index in [1.165, 1.54) is 44.1 Å². The van der Waals surface area contributed by atoms with Crippen LogP contribution in [0.5, 0.6) is 0 Å². The quantitative estimate of drug-likeness (QED) is 0.128. The van der Waals surface area contributed by atoms with Crippen LogP contribution in [0.2, 0.25) is 0 Å². The molecule has 0 bridgehead atoms. The summed E-state index contributed by atoms with van der Waals surface area (Å²) in [5.41, 5.74) is 19.1. The van der Waals surface area contributed by atoms with E-state index in [-0.39, 0.29) is 0 Å². The van der Waals surface area contributed by atoms with Crippen molar-refractivity contribution in [3.05, 3.63) is 285 Å². The fourth-order valence-electron chi connectivity index (χ4n) is 9.82. The molecule has 326 valence electrons. The van der Waals surface area contributed by atoms with Crippen LogP contribution in [0, 0.1) is 0 Å². The van der Waals surface area contributed by atoms with Crippen molar-refractivity contribution in [2.24, 2.45) is 0 Å². The van der Waals surface area contributed by atoms with E-state index in [1.807, 2.05) is 0 Å². The lowest BCUT2D eigenvalue weighted by Crippen LogP contribution is -2.13. The third-order valence-electron chi connectivity index (χ3n) is 13.1. The summed E-state index contributed by atoms with van der Waals surface area (Å²) in [5, 5.41) is 2.48. The first kappa shape index (κ1) is 41.3. The molecule has 12 aromatic rings. The second-order valence-electron chi connectivity index (χ2n) is 17.4. The maximum Gasteiger partial charge on any atom is 0.0547 e. The molecule has 0 aliphatic heterocycles. The normalized spacial score (nSPS) is 11.2. The molecule has 11 aromatic carbocycles. The first-order valence-corrected chi connectivity index (χ1v) is 23.6. The van der Waals surface area contributed by atoms with E-state index in [9.17, 15) is 0 Å². The van der Waals surface area contributed by atoms with Crippen molar-refractivity contribution >= 4 is 55.9 Å². The van der Waals surface area contributed by atoms with Gasteiger partial charge in [-0.1, -0.05) is 194 Å². The third-order valence-corrected chi connectivity index (χ3v) is 13.1. The molecule has 0 unspecified atom stereocenters. The molecule has 0 atom stereocenters. The topological polar surface area (TPSA) is 11.4 Å². The molecule has 0 saturated carbocycles. The van der Waals surface area contributed by atoms with Gasteiger partial charge in [0, 0.05) is 50.6 Å². The Bertz CT molecular complexity index is 3680. The van der Waals surface area contributed by atoms with Gasteiger partial charge in [0.1, 0.15) is 0 Å². The molecule has 1 aromatic heterocycles. The molecule has 0 aliphatic carbocycles. The van der Waals surface area contributed by atoms with Crippen molar-refractivity contribution in [2.75, 3.05) is 9.80 Å². The summed E-state index contributed by atoms with van der Waals surface area (Å²) in [6.07, 6.45) is 0. The summed E-state index contributed by atoms with van der Waals surface area (Å²) in [7, 11) is 0. The number of hydrogen-bond acceptors (Lipinski definition) is 2. The van der Waals surface area contributed by atoms with Crippen molar-refractivity contribution in [3.63, 3.8) is 0 Å². The highest BCUT2D eigenvalue weighted by Crippen LogP contribution is 2.45. The second kappa shape index (κ2) is 18.2. The number of aromatic nitrogens is 1. The maximum atomic E-state index is 2.41. The Kier molecular flexibility index (Phi) is 10.9. The monoisotopic (exact) mass is 881 g/mol. The van der Waals surface area contributed by atoms with E-state index in [0.29, 0.717) is 0 Å². The van der Waals surface area contributed by atoms with E-state index in [4.69, 9.17) is 0 Å². The molecule has 0 amide bonds. The van der Waals surface area contributed by atoms with Gasteiger partial charge in [-0.3, -0.25) is 0 Å². The number of nitrogens with zero attached hydrogens (tertiary/aromatic N) is 3. The maximum absolute atomic E-state index is 2.41. The molecule has 0 saturated heterocycles. The molecule has 0 aliphatic rings. The summed E-state index contributed by atoms with van der Waals surface area (Å²) < 4.78 is 2.39. The van der Waals surface area contributed by atoms with Gasteiger partial charge in [0.15, 0.2) is 0 Å². The van der Waals surface area contributed by atoms with Crippen LogP contribution < -0.4 is 9.80 Å². The largest absolute Gasteiger partial charge is 0.310 e. The Morgan fingerprint density at radius 1 is 0.203 bits per heavy atom. The van der Waals surface area contributed by atoms with Crippen LogP contribution >= 0.6 is 0 Å². The van der Waals surface area contributed by atoms with E-state index in [1.54, 1.807) is 0 Å². The summed E-state index contributed by atoms with van der Waals surface area (Å²) >= 11 is 0.